The van der Waals surface area contributed by atoms with E-state index >= 15 is 0 Å². The second-order valence-electron chi connectivity index (χ2n) is 3.67. The maximum Gasteiger partial charge on any atom is 0.124 e. The zero-order valence-electron chi connectivity index (χ0n) is 9.41. The Hall–Kier alpha value is -0.900. The molecule has 0 radical (unpaired) electrons. The van der Waals surface area contributed by atoms with Gasteiger partial charge in [0.1, 0.15) is 5.82 Å². The van der Waals surface area contributed by atoms with Crippen LogP contribution in [0.4, 0.5) is 4.39 Å². The standard InChI is InChI=1S/C13H13ClFNS/c1-2-16-13(12-4-3-7-17-12)10-6-5-9(15)8-11(10)14/h3-8,13,16H,2H2,1H3. The van der Waals surface area contributed by atoms with Crippen LogP contribution in [0.2, 0.25) is 5.02 Å². The van der Waals surface area contributed by atoms with Crippen molar-refractivity contribution in [3.63, 3.8) is 0 Å². The van der Waals surface area contributed by atoms with E-state index in [1.807, 2.05) is 18.4 Å². The van der Waals surface area contributed by atoms with Gasteiger partial charge in [-0.15, -0.1) is 11.3 Å². The molecule has 1 atom stereocenters. The van der Waals surface area contributed by atoms with Crippen molar-refractivity contribution in [2.24, 2.45) is 0 Å². The topological polar surface area (TPSA) is 12.0 Å². The fraction of sp³-hybridized carbons (Fsp3) is 0.231. The Bertz CT molecular complexity index is 484. The number of rotatable bonds is 4. The molecule has 0 saturated heterocycles. The van der Waals surface area contributed by atoms with Crippen molar-refractivity contribution < 1.29 is 4.39 Å². The summed E-state index contributed by atoms with van der Waals surface area (Å²) in [5, 5.41) is 5.85. The molecule has 17 heavy (non-hydrogen) atoms. The van der Waals surface area contributed by atoms with Crippen molar-refractivity contribution >= 4 is 22.9 Å². The van der Waals surface area contributed by atoms with Crippen LogP contribution in [0.15, 0.2) is 35.7 Å². The van der Waals surface area contributed by atoms with Crippen LogP contribution in [0.3, 0.4) is 0 Å². The number of halogens is 2. The summed E-state index contributed by atoms with van der Waals surface area (Å²) >= 11 is 7.77. The van der Waals surface area contributed by atoms with Crippen LogP contribution in [-0.2, 0) is 0 Å². The maximum atomic E-state index is 13.0. The minimum absolute atomic E-state index is 0.0353. The fourth-order valence-electron chi connectivity index (χ4n) is 1.76. The van der Waals surface area contributed by atoms with Crippen molar-refractivity contribution in [3.8, 4) is 0 Å². The molecule has 2 rings (SSSR count). The number of nitrogens with one attached hydrogen (secondary N) is 1. The van der Waals surface area contributed by atoms with Gasteiger partial charge in [0.25, 0.3) is 0 Å². The summed E-state index contributed by atoms with van der Waals surface area (Å²) < 4.78 is 13.0. The van der Waals surface area contributed by atoms with Crippen molar-refractivity contribution in [2.45, 2.75) is 13.0 Å². The highest BCUT2D eigenvalue weighted by atomic mass is 35.5. The van der Waals surface area contributed by atoms with E-state index in [-0.39, 0.29) is 11.9 Å². The molecule has 90 valence electrons. The lowest BCUT2D eigenvalue weighted by Gasteiger charge is -2.18. The lowest BCUT2D eigenvalue weighted by molar-refractivity contribution is 0.617. The molecule has 0 amide bonds. The van der Waals surface area contributed by atoms with E-state index in [1.54, 1.807) is 17.4 Å². The molecule has 0 saturated carbocycles. The average Bonchev–Trinajstić information content (AvgIpc) is 2.80. The normalized spacial score (nSPS) is 12.6. The van der Waals surface area contributed by atoms with Gasteiger partial charge < -0.3 is 5.32 Å². The quantitative estimate of drug-likeness (QED) is 0.875. The average molecular weight is 270 g/mol. The van der Waals surface area contributed by atoms with Crippen LogP contribution < -0.4 is 5.32 Å². The molecule has 0 bridgehead atoms. The molecule has 1 nitrogen and oxygen atoms in total. The van der Waals surface area contributed by atoms with Crippen LogP contribution in [0, 0.1) is 5.82 Å². The van der Waals surface area contributed by atoms with Crippen LogP contribution in [-0.4, -0.2) is 6.54 Å². The van der Waals surface area contributed by atoms with Crippen molar-refractivity contribution in [1.29, 1.82) is 0 Å². The Balaban J connectivity index is 2.39. The molecule has 0 fully saturated rings. The van der Waals surface area contributed by atoms with Crippen LogP contribution in [0.5, 0.6) is 0 Å². The molecule has 1 unspecified atom stereocenters. The number of benzene rings is 1. The lowest BCUT2D eigenvalue weighted by atomic mass is 10.1. The SMILES string of the molecule is CCNC(c1cccs1)c1ccc(F)cc1Cl. The summed E-state index contributed by atoms with van der Waals surface area (Å²) in [6.45, 7) is 2.87. The third kappa shape index (κ3) is 2.86. The van der Waals surface area contributed by atoms with E-state index in [2.05, 4.69) is 11.4 Å². The summed E-state index contributed by atoms with van der Waals surface area (Å²) in [7, 11) is 0. The molecule has 1 aromatic carbocycles. The Morgan fingerprint density at radius 3 is 2.82 bits per heavy atom. The molecule has 2 aromatic rings. The lowest BCUT2D eigenvalue weighted by Crippen LogP contribution is -2.21. The smallest absolute Gasteiger partial charge is 0.124 e. The predicted octanol–water partition coefficient (Wildman–Crippen LogP) is 4.24. The van der Waals surface area contributed by atoms with Gasteiger partial charge in [-0.1, -0.05) is 30.7 Å². The second kappa shape index (κ2) is 5.63. The van der Waals surface area contributed by atoms with Gasteiger partial charge in [0.15, 0.2) is 0 Å². The molecule has 0 aliphatic heterocycles. The monoisotopic (exact) mass is 269 g/mol. The van der Waals surface area contributed by atoms with Crippen molar-refractivity contribution in [2.75, 3.05) is 6.54 Å². The zero-order valence-corrected chi connectivity index (χ0v) is 11.0. The summed E-state index contributed by atoms with van der Waals surface area (Å²) in [6, 6.07) is 8.63. The Labute approximate surface area is 109 Å². The van der Waals surface area contributed by atoms with Gasteiger partial charge >= 0.3 is 0 Å². The minimum atomic E-state index is -0.305. The summed E-state index contributed by atoms with van der Waals surface area (Å²) in [4.78, 5) is 1.18. The zero-order chi connectivity index (χ0) is 12.3. The van der Waals surface area contributed by atoms with Gasteiger partial charge in [0.05, 0.1) is 6.04 Å². The first-order chi connectivity index (χ1) is 8.22. The summed E-state index contributed by atoms with van der Waals surface area (Å²) in [5.41, 5.74) is 0.914. The summed E-state index contributed by atoms with van der Waals surface area (Å²) in [5.74, 6) is -0.305. The van der Waals surface area contributed by atoms with Gasteiger partial charge in [0, 0.05) is 9.90 Å². The van der Waals surface area contributed by atoms with Crippen LogP contribution in [0.25, 0.3) is 0 Å². The fourth-order valence-corrected chi connectivity index (χ4v) is 2.85. The summed E-state index contributed by atoms with van der Waals surface area (Å²) in [6.07, 6.45) is 0. The molecule has 1 N–H and O–H groups in total. The van der Waals surface area contributed by atoms with Crippen LogP contribution >= 0.6 is 22.9 Å². The molecule has 1 heterocycles. The molecule has 0 aliphatic carbocycles. The highest BCUT2D eigenvalue weighted by Crippen LogP contribution is 2.31. The van der Waals surface area contributed by atoms with Gasteiger partial charge in [-0.05, 0) is 35.7 Å². The highest BCUT2D eigenvalue weighted by molar-refractivity contribution is 7.10. The van der Waals surface area contributed by atoms with Crippen molar-refractivity contribution in [1.82, 2.24) is 5.32 Å². The molecular weight excluding hydrogens is 257 g/mol. The molecule has 1 aromatic heterocycles. The van der Waals surface area contributed by atoms with E-state index in [0.29, 0.717) is 5.02 Å². The maximum absolute atomic E-state index is 13.0. The predicted molar refractivity (Wildman–Crippen MR) is 71.2 cm³/mol. The first kappa shape index (κ1) is 12.6. The van der Waals surface area contributed by atoms with Gasteiger partial charge in [0.2, 0.25) is 0 Å². The molecule has 4 heteroatoms. The van der Waals surface area contributed by atoms with E-state index in [9.17, 15) is 4.39 Å². The number of thiophene rings is 1. The third-order valence-corrected chi connectivity index (χ3v) is 3.77. The first-order valence-electron chi connectivity index (χ1n) is 5.44. The largest absolute Gasteiger partial charge is 0.306 e. The molecular formula is C13H13ClFNS. The van der Waals surface area contributed by atoms with Crippen LogP contribution in [0.1, 0.15) is 23.4 Å². The van der Waals surface area contributed by atoms with Gasteiger partial charge in [-0.25, -0.2) is 4.39 Å². The van der Waals surface area contributed by atoms with E-state index in [4.69, 9.17) is 11.6 Å². The Morgan fingerprint density at radius 1 is 1.41 bits per heavy atom. The molecule has 0 aliphatic rings. The van der Waals surface area contributed by atoms with Gasteiger partial charge in [-0.3, -0.25) is 0 Å². The van der Waals surface area contributed by atoms with Crippen molar-refractivity contribution in [3.05, 3.63) is 57.0 Å². The molecule has 0 spiro atoms. The highest BCUT2D eigenvalue weighted by Gasteiger charge is 2.17. The number of hydrogen-bond donors (Lipinski definition) is 1. The third-order valence-electron chi connectivity index (χ3n) is 2.51. The Morgan fingerprint density at radius 2 is 2.24 bits per heavy atom. The Kier molecular flexibility index (Phi) is 4.15. The van der Waals surface area contributed by atoms with E-state index in [0.717, 1.165) is 12.1 Å². The number of hydrogen-bond acceptors (Lipinski definition) is 2. The first-order valence-corrected chi connectivity index (χ1v) is 6.70. The van der Waals surface area contributed by atoms with E-state index in [1.165, 1.54) is 17.0 Å². The van der Waals surface area contributed by atoms with Gasteiger partial charge in [-0.2, -0.15) is 0 Å². The second-order valence-corrected chi connectivity index (χ2v) is 5.06. The minimum Gasteiger partial charge on any atom is -0.306 e. The van der Waals surface area contributed by atoms with E-state index < -0.39 is 0 Å².